The second kappa shape index (κ2) is 5.10. The van der Waals surface area contributed by atoms with Crippen LogP contribution in [0, 0.1) is 10.1 Å². The minimum Gasteiger partial charge on any atom is -0.469 e. The minimum absolute atomic E-state index is 0.118. The van der Waals surface area contributed by atoms with Gasteiger partial charge in [-0.25, -0.2) is 0 Å². The molecule has 0 unspecified atom stereocenters. The number of hydrogen-bond acceptors (Lipinski definition) is 6. The molecule has 16 heavy (non-hydrogen) atoms. The zero-order chi connectivity index (χ0) is 12.1. The molecule has 0 saturated carbocycles. The van der Waals surface area contributed by atoms with Crippen molar-refractivity contribution < 1.29 is 14.5 Å². The minimum atomic E-state index is -0.534. The van der Waals surface area contributed by atoms with Crippen LogP contribution in [-0.2, 0) is 16.6 Å². The summed E-state index contributed by atoms with van der Waals surface area (Å²) in [7, 11) is 2.87. The van der Waals surface area contributed by atoms with Crippen molar-refractivity contribution in [2.45, 2.75) is 6.42 Å². The number of nitro groups is 1. The first-order valence-corrected chi connectivity index (χ1v) is 4.53. The Bertz CT molecular complexity index is 401. The average Bonchev–Trinajstić information content (AvgIpc) is 2.59. The number of nitrogens with zero attached hydrogens (tertiary/aromatic N) is 3. The van der Waals surface area contributed by atoms with E-state index in [1.807, 2.05) is 0 Å². The van der Waals surface area contributed by atoms with E-state index in [0.29, 0.717) is 0 Å². The van der Waals surface area contributed by atoms with Crippen LogP contribution in [0.15, 0.2) is 6.20 Å². The maximum Gasteiger partial charge on any atom is 0.330 e. The van der Waals surface area contributed by atoms with Crippen LogP contribution < -0.4 is 5.32 Å². The second-order valence-corrected chi connectivity index (χ2v) is 3.05. The van der Waals surface area contributed by atoms with Gasteiger partial charge in [0.15, 0.2) is 0 Å². The summed E-state index contributed by atoms with van der Waals surface area (Å²) in [6, 6.07) is 0. The van der Waals surface area contributed by atoms with Gasteiger partial charge in [-0.1, -0.05) is 0 Å². The molecule has 0 aliphatic rings. The number of hydrogen-bond donors (Lipinski definition) is 1. The first-order chi connectivity index (χ1) is 7.54. The van der Waals surface area contributed by atoms with Gasteiger partial charge in [0.05, 0.1) is 18.5 Å². The van der Waals surface area contributed by atoms with E-state index in [1.54, 1.807) is 7.05 Å². The van der Waals surface area contributed by atoms with Crippen LogP contribution in [0.25, 0.3) is 0 Å². The van der Waals surface area contributed by atoms with Crippen molar-refractivity contribution in [2.24, 2.45) is 7.05 Å². The maximum atomic E-state index is 10.8. The molecule has 0 bridgehead atoms. The summed E-state index contributed by atoms with van der Waals surface area (Å²) in [5.74, 6) is -0.234. The van der Waals surface area contributed by atoms with Crippen LogP contribution >= 0.6 is 0 Å². The van der Waals surface area contributed by atoms with E-state index in [9.17, 15) is 14.9 Å². The van der Waals surface area contributed by atoms with Gasteiger partial charge in [0.25, 0.3) is 0 Å². The van der Waals surface area contributed by atoms with Gasteiger partial charge in [0, 0.05) is 13.6 Å². The topological polar surface area (TPSA) is 99.3 Å². The number of rotatable bonds is 5. The number of nitrogens with one attached hydrogen (secondary N) is 1. The third-order valence-corrected chi connectivity index (χ3v) is 1.86. The van der Waals surface area contributed by atoms with Gasteiger partial charge in [-0.2, -0.15) is 0 Å². The lowest BCUT2D eigenvalue weighted by Crippen LogP contribution is -2.10. The lowest BCUT2D eigenvalue weighted by Gasteiger charge is -2.01. The van der Waals surface area contributed by atoms with Crippen molar-refractivity contribution in [1.29, 1.82) is 0 Å². The lowest BCUT2D eigenvalue weighted by molar-refractivity contribution is -0.384. The number of carbonyl (C=O) groups is 1. The Hall–Kier alpha value is -2.12. The summed E-state index contributed by atoms with van der Waals surface area (Å²) in [4.78, 5) is 20.9. The SMILES string of the molecule is COC(=O)CCNc1nn(C)cc1[N+](=O)[O-]. The number of aromatic nitrogens is 2. The third-order valence-electron chi connectivity index (χ3n) is 1.86. The highest BCUT2D eigenvalue weighted by Gasteiger charge is 2.17. The molecule has 8 heteroatoms. The van der Waals surface area contributed by atoms with Gasteiger partial charge < -0.3 is 10.1 Å². The highest BCUT2D eigenvalue weighted by atomic mass is 16.6. The number of methoxy groups -OCH3 is 1. The Morgan fingerprint density at radius 3 is 3.00 bits per heavy atom. The summed E-state index contributed by atoms with van der Waals surface area (Å²) >= 11 is 0. The lowest BCUT2D eigenvalue weighted by atomic mass is 10.4. The van der Waals surface area contributed by atoms with Gasteiger partial charge in [0.1, 0.15) is 6.20 Å². The largest absolute Gasteiger partial charge is 0.469 e. The monoisotopic (exact) mass is 228 g/mol. The summed E-state index contributed by atoms with van der Waals surface area (Å²) in [6.07, 6.45) is 1.42. The van der Waals surface area contributed by atoms with E-state index in [0.717, 1.165) is 0 Å². The van der Waals surface area contributed by atoms with Gasteiger partial charge in [0.2, 0.25) is 5.82 Å². The Morgan fingerprint density at radius 1 is 1.75 bits per heavy atom. The van der Waals surface area contributed by atoms with Crippen molar-refractivity contribution in [1.82, 2.24) is 9.78 Å². The molecule has 0 amide bonds. The molecule has 0 aliphatic carbocycles. The number of aryl methyl sites for hydroxylation is 1. The van der Waals surface area contributed by atoms with Crippen molar-refractivity contribution in [3.05, 3.63) is 16.3 Å². The molecular weight excluding hydrogens is 216 g/mol. The van der Waals surface area contributed by atoms with Gasteiger partial charge in [-0.05, 0) is 0 Å². The van der Waals surface area contributed by atoms with Gasteiger partial charge >= 0.3 is 11.7 Å². The molecule has 1 aromatic rings. The molecule has 1 N–H and O–H groups in total. The smallest absolute Gasteiger partial charge is 0.330 e. The molecule has 8 nitrogen and oxygen atoms in total. The van der Waals surface area contributed by atoms with Crippen LogP contribution in [0.1, 0.15) is 6.42 Å². The Labute approximate surface area is 91.3 Å². The number of ether oxygens (including phenoxy) is 1. The molecule has 0 spiro atoms. The molecular formula is C8H12N4O4. The Morgan fingerprint density at radius 2 is 2.44 bits per heavy atom. The molecule has 0 radical (unpaired) electrons. The van der Waals surface area contributed by atoms with Crippen molar-refractivity contribution >= 4 is 17.5 Å². The highest BCUT2D eigenvalue weighted by molar-refractivity contribution is 5.70. The zero-order valence-corrected chi connectivity index (χ0v) is 8.97. The fourth-order valence-corrected chi connectivity index (χ4v) is 1.12. The van der Waals surface area contributed by atoms with Crippen molar-refractivity contribution in [3.8, 4) is 0 Å². The second-order valence-electron chi connectivity index (χ2n) is 3.05. The predicted molar refractivity (Wildman–Crippen MR) is 55.0 cm³/mol. The van der Waals surface area contributed by atoms with E-state index in [4.69, 9.17) is 0 Å². The van der Waals surface area contributed by atoms with Crippen LogP contribution in [0.2, 0.25) is 0 Å². The molecule has 1 rings (SSSR count). The molecule has 0 aromatic carbocycles. The van der Waals surface area contributed by atoms with E-state index in [2.05, 4.69) is 15.2 Å². The normalized spacial score (nSPS) is 9.88. The molecule has 0 aliphatic heterocycles. The van der Waals surface area contributed by atoms with Crippen LogP contribution in [-0.4, -0.2) is 34.3 Å². The molecule has 0 atom stereocenters. The summed E-state index contributed by atoms with van der Waals surface area (Å²) < 4.78 is 5.76. The quantitative estimate of drug-likeness (QED) is 0.442. The number of carbonyl (C=O) groups excluding carboxylic acids is 1. The highest BCUT2D eigenvalue weighted by Crippen LogP contribution is 2.20. The summed E-state index contributed by atoms with van der Waals surface area (Å²) in [5, 5.41) is 17.2. The van der Waals surface area contributed by atoms with E-state index in [-0.39, 0.29) is 30.4 Å². The van der Waals surface area contributed by atoms with E-state index >= 15 is 0 Å². The van der Waals surface area contributed by atoms with Gasteiger partial charge in [-0.15, -0.1) is 5.10 Å². The van der Waals surface area contributed by atoms with Crippen molar-refractivity contribution in [3.63, 3.8) is 0 Å². The van der Waals surface area contributed by atoms with Crippen LogP contribution in [0.5, 0.6) is 0 Å². The van der Waals surface area contributed by atoms with Crippen molar-refractivity contribution in [2.75, 3.05) is 19.0 Å². The number of anilines is 1. The molecule has 1 heterocycles. The maximum absolute atomic E-state index is 10.8. The van der Waals surface area contributed by atoms with Gasteiger partial charge in [-0.3, -0.25) is 19.6 Å². The summed E-state index contributed by atoms with van der Waals surface area (Å²) in [6.45, 7) is 0.241. The molecule has 0 fully saturated rings. The fraction of sp³-hybridized carbons (Fsp3) is 0.500. The fourth-order valence-electron chi connectivity index (χ4n) is 1.12. The average molecular weight is 228 g/mol. The van der Waals surface area contributed by atoms with Crippen LogP contribution in [0.3, 0.4) is 0 Å². The molecule has 0 saturated heterocycles. The van der Waals surface area contributed by atoms with Crippen LogP contribution in [0.4, 0.5) is 11.5 Å². The van der Waals surface area contributed by atoms with E-state index in [1.165, 1.54) is 18.0 Å². The first kappa shape index (κ1) is 12.0. The zero-order valence-electron chi connectivity index (χ0n) is 8.97. The Kier molecular flexibility index (Phi) is 3.81. The third kappa shape index (κ3) is 2.94. The first-order valence-electron chi connectivity index (χ1n) is 4.53. The standard InChI is InChI=1S/C8H12N4O4/c1-11-5-6(12(14)15)8(10-11)9-4-3-7(13)16-2/h5H,3-4H2,1-2H3,(H,9,10). The Balaban J connectivity index is 2.59. The summed E-state index contributed by atoms with van der Waals surface area (Å²) in [5.41, 5.74) is -0.118. The number of esters is 1. The van der Waals surface area contributed by atoms with E-state index < -0.39 is 4.92 Å². The predicted octanol–water partition coefficient (Wildman–Crippen LogP) is 0.303. The molecule has 88 valence electrons. The molecule has 1 aromatic heterocycles.